The van der Waals surface area contributed by atoms with Crippen molar-refractivity contribution in [2.45, 2.75) is 32.2 Å². The van der Waals surface area contributed by atoms with E-state index < -0.39 is 0 Å². The average Bonchev–Trinajstić information content (AvgIpc) is 2.47. The second-order valence-corrected chi connectivity index (χ2v) is 6.55. The van der Waals surface area contributed by atoms with Crippen LogP contribution in [0.5, 0.6) is 5.75 Å². The molecule has 1 heterocycles. The van der Waals surface area contributed by atoms with Crippen molar-refractivity contribution in [2.75, 3.05) is 19.0 Å². The fourth-order valence-corrected chi connectivity index (χ4v) is 3.62. The molecule has 2 unspecified atom stereocenters. The van der Waals surface area contributed by atoms with Crippen LogP contribution in [0, 0.1) is 5.92 Å². The predicted octanol–water partition coefficient (Wildman–Crippen LogP) is 3.83. The molecule has 1 aromatic carbocycles. The maximum absolute atomic E-state index is 12.4. The highest BCUT2D eigenvalue weighted by atomic mass is 79.9. The summed E-state index contributed by atoms with van der Waals surface area (Å²) in [7, 11) is 1.57. The summed E-state index contributed by atoms with van der Waals surface area (Å²) >= 11 is 9.43. The van der Waals surface area contributed by atoms with Crippen molar-refractivity contribution in [3.05, 3.63) is 21.6 Å². The Morgan fingerprint density at radius 1 is 1.57 bits per heavy atom. The van der Waals surface area contributed by atoms with Crippen LogP contribution in [0.15, 0.2) is 16.6 Å². The number of halogens is 2. The highest BCUT2D eigenvalue weighted by Gasteiger charge is 2.26. The van der Waals surface area contributed by atoms with Crippen molar-refractivity contribution in [1.82, 2.24) is 5.32 Å². The largest absolute Gasteiger partial charge is 0.493 e. The number of benzene rings is 1. The molecule has 0 spiro atoms. The van der Waals surface area contributed by atoms with Crippen LogP contribution in [-0.2, 0) is 4.79 Å². The van der Waals surface area contributed by atoms with E-state index in [9.17, 15) is 4.79 Å². The molecule has 0 bridgehead atoms. The predicted molar refractivity (Wildman–Crippen MR) is 89.1 cm³/mol. The third-order valence-corrected chi connectivity index (χ3v) is 4.68. The van der Waals surface area contributed by atoms with E-state index in [1.807, 2.05) is 0 Å². The minimum absolute atomic E-state index is 0.0411. The summed E-state index contributed by atoms with van der Waals surface area (Å²) in [4.78, 5) is 12.4. The van der Waals surface area contributed by atoms with Crippen molar-refractivity contribution in [1.29, 1.82) is 0 Å². The Labute approximate surface area is 138 Å². The molecule has 1 fully saturated rings. The van der Waals surface area contributed by atoms with Crippen LogP contribution in [0.2, 0.25) is 5.02 Å². The first-order valence-electron chi connectivity index (χ1n) is 7.12. The molecule has 4 nitrogen and oxygen atoms in total. The number of hydrogen-bond donors (Lipinski definition) is 2. The number of methoxy groups -OCH3 is 1. The normalized spacial score (nSPS) is 21.9. The number of hydrogen-bond acceptors (Lipinski definition) is 3. The Morgan fingerprint density at radius 2 is 2.33 bits per heavy atom. The lowest BCUT2D eigenvalue weighted by Crippen LogP contribution is -2.46. The summed E-state index contributed by atoms with van der Waals surface area (Å²) in [6, 6.07) is 3.27. The van der Waals surface area contributed by atoms with Crippen LogP contribution in [0.4, 0.5) is 5.69 Å². The maximum Gasteiger partial charge on any atom is 0.241 e. The highest BCUT2D eigenvalue weighted by Crippen LogP contribution is 2.36. The van der Waals surface area contributed by atoms with Crippen molar-refractivity contribution < 1.29 is 9.53 Å². The van der Waals surface area contributed by atoms with Crippen LogP contribution in [0.25, 0.3) is 0 Å². The molecule has 0 aromatic heterocycles. The molecule has 0 saturated carbocycles. The van der Waals surface area contributed by atoms with Crippen molar-refractivity contribution in [2.24, 2.45) is 5.92 Å². The van der Waals surface area contributed by atoms with Gasteiger partial charge in [0.25, 0.3) is 0 Å². The van der Waals surface area contributed by atoms with E-state index in [0.717, 1.165) is 30.3 Å². The lowest BCUT2D eigenvalue weighted by Gasteiger charge is -2.29. The van der Waals surface area contributed by atoms with E-state index >= 15 is 0 Å². The first-order chi connectivity index (χ1) is 10.0. The molecule has 2 rings (SSSR count). The second kappa shape index (κ2) is 7.47. The lowest BCUT2D eigenvalue weighted by atomic mass is 9.90. The van der Waals surface area contributed by atoms with Crippen LogP contribution in [0.3, 0.4) is 0 Å². The van der Waals surface area contributed by atoms with Crippen molar-refractivity contribution in [3.63, 3.8) is 0 Å². The van der Waals surface area contributed by atoms with E-state index in [1.54, 1.807) is 19.2 Å². The van der Waals surface area contributed by atoms with Gasteiger partial charge in [0.2, 0.25) is 5.91 Å². The molecule has 21 heavy (non-hydrogen) atoms. The smallest absolute Gasteiger partial charge is 0.241 e. The number of anilines is 1. The quantitative estimate of drug-likeness (QED) is 0.841. The van der Waals surface area contributed by atoms with Crippen LogP contribution >= 0.6 is 27.5 Å². The van der Waals surface area contributed by atoms with E-state index in [4.69, 9.17) is 16.3 Å². The Hall–Kier alpha value is -0.780. The van der Waals surface area contributed by atoms with Gasteiger partial charge in [-0.1, -0.05) is 24.9 Å². The number of nitrogens with one attached hydrogen (secondary N) is 2. The third-order valence-electron chi connectivity index (χ3n) is 3.88. The average molecular weight is 376 g/mol. The summed E-state index contributed by atoms with van der Waals surface area (Å²) in [5.41, 5.74) is 0.585. The standard InChI is InChI=1S/C15H20BrClN2O2/c1-3-9-4-5-18-13(6-9)15(20)19-12-8-10(17)7-11(16)14(12)21-2/h7-9,13,18H,3-6H2,1-2H3,(H,19,20). The Kier molecular flexibility index (Phi) is 5.90. The summed E-state index contributed by atoms with van der Waals surface area (Å²) in [6.45, 7) is 3.05. The summed E-state index contributed by atoms with van der Waals surface area (Å²) in [5.74, 6) is 1.14. The number of amides is 1. The van der Waals surface area contributed by atoms with E-state index in [-0.39, 0.29) is 11.9 Å². The SMILES string of the molecule is CCC1CCNC(C(=O)Nc2cc(Cl)cc(Br)c2OC)C1. The van der Waals surface area contributed by atoms with Crippen molar-refractivity contribution >= 4 is 39.1 Å². The summed E-state index contributed by atoms with van der Waals surface area (Å²) < 4.78 is 6.04. The van der Waals surface area contributed by atoms with Gasteiger partial charge in [-0.05, 0) is 53.4 Å². The molecule has 1 aromatic rings. The van der Waals surface area contributed by atoms with Gasteiger partial charge in [-0.3, -0.25) is 4.79 Å². The molecule has 1 aliphatic heterocycles. The zero-order valence-electron chi connectivity index (χ0n) is 12.2. The minimum Gasteiger partial charge on any atom is -0.493 e. The molecule has 1 amide bonds. The van der Waals surface area contributed by atoms with Crippen molar-refractivity contribution in [3.8, 4) is 5.75 Å². The molecule has 0 radical (unpaired) electrons. The van der Waals surface area contributed by atoms with Gasteiger partial charge in [0.05, 0.1) is 23.3 Å². The molecule has 2 atom stereocenters. The first kappa shape index (κ1) is 16.6. The summed E-state index contributed by atoms with van der Waals surface area (Å²) in [6.07, 6.45) is 3.11. The number of piperidine rings is 1. The zero-order valence-corrected chi connectivity index (χ0v) is 14.6. The molecular weight excluding hydrogens is 356 g/mol. The number of carbonyl (C=O) groups is 1. The Bertz CT molecular complexity index is 525. The number of ether oxygens (including phenoxy) is 1. The van der Waals surface area contributed by atoms with Gasteiger partial charge < -0.3 is 15.4 Å². The zero-order chi connectivity index (χ0) is 15.4. The van der Waals surface area contributed by atoms with Gasteiger partial charge in [0, 0.05) is 5.02 Å². The molecule has 1 saturated heterocycles. The van der Waals surface area contributed by atoms with Gasteiger partial charge in [-0.25, -0.2) is 0 Å². The molecule has 1 aliphatic rings. The summed E-state index contributed by atoms with van der Waals surface area (Å²) in [5, 5.41) is 6.73. The van der Waals surface area contributed by atoms with E-state index in [2.05, 4.69) is 33.5 Å². The Balaban J connectivity index is 2.12. The van der Waals surface area contributed by atoms with E-state index in [0.29, 0.717) is 22.4 Å². The van der Waals surface area contributed by atoms with Gasteiger partial charge in [-0.2, -0.15) is 0 Å². The van der Waals surface area contributed by atoms with Gasteiger partial charge in [0.1, 0.15) is 0 Å². The fourth-order valence-electron chi connectivity index (χ4n) is 2.65. The Morgan fingerprint density at radius 3 is 3.00 bits per heavy atom. The monoisotopic (exact) mass is 374 g/mol. The lowest BCUT2D eigenvalue weighted by molar-refractivity contribution is -0.119. The van der Waals surface area contributed by atoms with Gasteiger partial charge in [-0.15, -0.1) is 0 Å². The minimum atomic E-state index is -0.161. The van der Waals surface area contributed by atoms with Crippen LogP contribution in [0.1, 0.15) is 26.2 Å². The first-order valence-corrected chi connectivity index (χ1v) is 8.29. The van der Waals surface area contributed by atoms with Gasteiger partial charge in [0.15, 0.2) is 5.75 Å². The molecular formula is C15H20BrClN2O2. The maximum atomic E-state index is 12.4. The third kappa shape index (κ3) is 4.11. The second-order valence-electron chi connectivity index (χ2n) is 5.26. The molecule has 6 heteroatoms. The molecule has 0 aliphatic carbocycles. The van der Waals surface area contributed by atoms with Crippen LogP contribution in [-0.4, -0.2) is 25.6 Å². The topological polar surface area (TPSA) is 50.4 Å². The van der Waals surface area contributed by atoms with E-state index in [1.165, 1.54) is 0 Å². The fraction of sp³-hybridized carbons (Fsp3) is 0.533. The number of carbonyl (C=O) groups excluding carboxylic acids is 1. The highest BCUT2D eigenvalue weighted by molar-refractivity contribution is 9.10. The van der Waals surface area contributed by atoms with Gasteiger partial charge >= 0.3 is 0 Å². The molecule has 116 valence electrons. The van der Waals surface area contributed by atoms with Crippen LogP contribution < -0.4 is 15.4 Å². The number of rotatable bonds is 4. The molecule has 2 N–H and O–H groups in total.